The highest BCUT2D eigenvalue weighted by atomic mass is 35.5. The van der Waals surface area contributed by atoms with Crippen LogP contribution in [0.1, 0.15) is 25.7 Å². The standard InChI is InChI=1S/C12H18N2O3S.ClH/c1-14(18(15,16)12-3-2-6-17-12)11-7-9-4-5-10(8-11)13-9;/h2-3,6,9-11,13H,4-5,7-8H2,1H3;1H. The molecule has 7 heteroatoms. The van der Waals surface area contributed by atoms with Crippen molar-refractivity contribution in [3.05, 3.63) is 18.4 Å². The van der Waals surface area contributed by atoms with Crippen molar-refractivity contribution in [3.63, 3.8) is 0 Å². The van der Waals surface area contributed by atoms with E-state index in [0.717, 1.165) is 25.7 Å². The first-order valence-corrected chi connectivity index (χ1v) is 7.79. The van der Waals surface area contributed by atoms with Crippen LogP contribution in [0.5, 0.6) is 0 Å². The zero-order chi connectivity index (χ0) is 12.8. The molecule has 2 saturated heterocycles. The summed E-state index contributed by atoms with van der Waals surface area (Å²) in [5.74, 6) is 0. The predicted octanol–water partition coefficient (Wildman–Crippen LogP) is 1.60. The van der Waals surface area contributed by atoms with Crippen molar-refractivity contribution >= 4 is 22.4 Å². The molecule has 3 heterocycles. The van der Waals surface area contributed by atoms with E-state index < -0.39 is 10.0 Å². The molecule has 2 bridgehead atoms. The normalized spacial score (nSPS) is 30.3. The molecule has 0 spiro atoms. The number of piperidine rings is 1. The van der Waals surface area contributed by atoms with E-state index in [4.69, 9.17) is 4.42 Å². The number of nitrogens with one attached hydrogen (secondary N) is 1. The fourth-order valence-corrected chi connectivity index (χ4v) is 4.35. The van der Waals surface area contributed by atoms with Crippen LogP contribution >= 0.6 is 12.4 Å². The Labute approximate surface area is 119 Å². The molecular weight excluding hydrogens is 288 g/mol. The second-order valence-corrected chi connectivity index (χ2v) is 7.14. The first-order valence-electron chi connectivity index (χ1n) is 6.35. The van der Waals surface area contributed by atoms with Crippen LogP contribution in [0.4, 0.5) is 0 Å². The number of hydrogen-bond acceptors (Lipinski definition) is 4. The van der Waals surface area contributed by atoms with Crippen LogP contribution in [0.2, 0.25) is 0 Å². The maximum absolute atomic E-state index is 12.3. The third-order valence-electron chi connectivity index (χ3n) is 4.09. The Bertz CT molecular complexity index is 505. The molecule has 5 nitrogen and oxygen atoms in total. The van der Waals surface area contributed by atoms with Crippen LogP contribution in [0.15, 0.2) is 27.9 Å². The predicted molar refractivity (Wildman–Crippen MR) is 73.9 cm³/mol. The van der Waals surface area contributed by atoms with Gasteiger partial charge < -0.3 is 9.73 Å². The molecule has 1 aromatic rings. The molecule has 2 aliphatic rings. The van der Waals surface area contributed by atoms with Gasteiger partial charge in [-0.05, 0) is 37.8 Å². The van der Waals surface area contributed by atoms with Crippen molar-refractivity contribution in [2.45, 2.75) is 48.9 Å². The summed E-state index contributed by atoms with van der Waals surface area (Å²) in [7, 11) is -1.82. The number of hydrogen-bond donors (Lipinski definition) is 1. The number of halogens is 1. The average molecular weight is 307 g/mol. The lowest BCUT2D eigenvalue weighted by atomic mass is 10.0. The Morgan fingerprint density at radius 3 is 2.47 bits per heavy atom. The molecule has 2 aliphatic heterocycles. The SMILES string of the molecule is CN(C1CC2CCC(C1)N2)S(=O)(=O)c1ccco1.Cl. The number of rotatable bonds is 3. The van der Waals surface area contributed by atoms with Crippen molar-refractivity contribution in [1.29, 1.82) is 0 Å². The molecule has 108 valence electrons. The van der Waals surface area contributed by atoms with E-state index in [9.17, 15) is 8.42 Å². The maximum atomic E-state index is 12.3. The number of furan rings is 1. The molecule has 2 atom stereocenters. The highest BCUT2D eigenvalue weighted by molar-refractivity contribution is 7.89. The van der Waals surface area contributed by atoms with Gasteiger partial charge in [0.15, 0.2) is 0 Å². The van der Waals surface area contributed by atoms with E-state index in [0.29, 0.717) is 12.1 Å². The largest absolute Gasteiger partial charge is 0.452 e. The fourth-order valence-electron chi connectivity index (χ4n) is 3.07. The Hall–Kier alpha value is -0.560. The highest BCUT2D eigenvalue weighted by Gasteiger charge is 2.39. The molecule has 0 aliphatic carbocycles. The maximum Gasteiger partial charge on any atom is 0.276 e. The van der Waals surface area contributed by atoms with Crippen molar-refractivity contribution in [3.8, 4) is 0 Å². The summed E-state index contributed by atoms with van der Waals surface area (Å²) >= 11 is 0. The summed E-state index contributed by atoms with van der Waals surface area (Å²) in [5, 5.41) is 3.55. The van der Waals surface area contributed by atoms with E-state index in [1.165, 1.54) is 16.6 Å². The van der Waals surface area contributed by atoms with Crippen LogP contribution < -0.4 is 5.32 Å². The number of sulfonamides is 1. The van der Waals surface area contributed by atoms with Gasteiger partial charge in [-0.2, -0.15) is 4.31 Å². The Morgan fingerprint density at radius 2 is 1.95 bits per heavy atom. The highest BCUT2D eigenvalue weighted by Crippen LogP contribution is 2.31. The van der Waals surface area contributed by atoms with Crippen LogP contribution in [0.3, 0.4) is 0 Å². The summed E-state index contributed by atoms with van der Waals surface area (Å²) < 4.78 is 31.2. The minimum atomic E-state index is -3.48. The molecule has 2 fully saturated rings. The van der Waals surface area contributed by atoms with Crippen LogP contribution in [0, 0.1) is 0 Å². The summed E-state index contributed by atoms with van der Waals surface area (Å²) in [6, 6.07) is 4.14. The van der Waals surface area contributed by atoms with Gasteiger partial charge in [-0.25, -0.2) is 8.42 Å². The molecule has 0 amide bonds. The van der Waals surface area contributed by atoms with Crippen molar-refractivity contribution in [2.24, 2.45) is 0 Å². The van der Waals surface area contributed by atoms with Gasteiger partial charge in [-0.15, -0.1) is 12.4 Å². The molecule has 3 rings (SSSR count). The first kappa shape index (κ1) is 14.8. The van der Waals surface area contributed by atoms with Gasteiger partial charge in [0.25, 0.3) is 10.0 Å². The molecule has 1 aromatic heterocycles. The van der Waals surface area contributed by atoms with E-state index >= 15 is 0 Å². The average Bonchev–Trinajstić information content (AvgIpc) is 2.98. The first-order chi connectivity index (χ1) is 8.57. The second kappa shape index (κ2) is 5.44. The molecule has 0 aromatic carbocycles. The summed E-state index contributed by atoms with van der Waals surface area (Å²) in [6.07, 6.45) is 5.51. The molecule has 0 radical (unpaired) electrons. The van der Waals surface area contributed by atoms with Crippen molar-refractivity contribution < 1.29 is 12.8 Å². The van der Waals surface area contributed by atoms with Crippen LogP contribution in [-0.2, 0) is 10.0 Å². The molecular formula is C12H19ClN2O3S. The number of fused-ring (bicyclic) bond motifs is 2. The summed E-state index contributed by atoms with van der Waals surface area (Å²) in [5.41, 5.74) is 0. The lowest BCUT2D eigenvalue weighted by Gasteiger charge is -2.34. The zero-order valence-electron chi connectivity index (χ0n) is 10.8. The quantitative estimate of drug-likeness (QED) is 0.921. The molecule has 19 heavy (non-hydrogen) atoms. The topological polar surface area (TPSA) is 62.6 Å². The van der Waals surface area contributed by atoms with Gasteiger partial charge in [0.1, 0.15) is 0 Å². The van der Waals surface area contributed by atoms with Gasteiger partial charge in [0, 0.05) is 25.2 Å². The molecule has 2 unspecified atom stereocenters. The smallest absolute Gasteiger partial charge is 0.276 e. The molecule has 0 saturated carbocycles. The zero-order valence-corrected chi connectivity index (χ0v) is 12.4. The Morgan fingerprint density at radius 1 is 1.32 bits per heavy atom. The summed E-state index contributed by atoms with van der Waals surface area (Å²) in [6.45, 7) is 0. The van der Waals surface area contributed by atoms with Crippen LogP contribution in [0.25, 0.3) is 0 Å². The van der Waals surface area contributed by atoms with Gasteiger partial charge in [-0.1, -0.05) is 0 Å². The van der Waals surface area contributed by atoms with Gasteiger partial charge in [0.2, 0.25) is 5.09 Å². The minimum Gasteiger partial charge on any atom is -0.452 e. The third-order valence-corrected chi connectivity index (χ3v) is 5.89. The van der Waals surface area contributed by atoms with Crippen molar-refractivity contribution in [1.82, 2.24) is 9.62 Å². The fraction of sp³-hybridized carbons (Fsp3) is 0.667. The van der Waals surface area contributed by atoms with E-state index in [-0.39, 0.29) is 23.5 Å². The third kappa shape index (κ3) is 2.67. The molecule has 1 N–H and O–H groups in total. The van der Waals surface area contributed by atoms with E-state index in [1.54, 1.807) is 13.1 Å². The lowest BCUT2D eigenvalue weighted by Crippen LogP contribution is -2.48. The van der Waals surface area contributed by atoms with Crippen molar-refractivity contribution in [2.75, 3.05) is 7.05 Å². The van der Waals surface area contributed by atoms with Gasteiger partial charge in [-0.3, -0.25) is 0 Å². The van der Waals surface area contributed by atoms with E-state index in [1.807, 2.05) is 0 Å². The monoisotopic (exact) mass is 306 g/mol. The van der Waals surface area contributed by atoms with E-state index in [2.05, 4.69) is 5.32 Å². The summed E-state index contributed by atoms with van der Waals surface area (Å²) in [4.78, 5) is 0. The van der Waals surface area contributed by atoms with Gasteiger partial charge in [0.05, 0.1) is 6.26 Å². The lowest BCUT2D eigenvalue weighted by molar-refractivity contribution is 0.247. The Balaban J connectivity index is 0.00000133. The number of nitrogens with zero attached hydrogens (tertiary/aromatic N) is 1. The second-order valence-electron chi connectivity index (χ2n) is 5.22. The van der Waals surface area contributed by atoms with Crippen LogP contribution in [-0.4, -0.2) is 37.9 Å². The minimum absolute atomic E-state index is 0. The van der Waals surface area contributed by atoms with Gasteiger partial charge >= 0.3 is 0 Å². The Kier molecular flexibility index (Phi) is 4.25.